The summed E-state index contributed by atoms with van der Waals surface area (Å²) in [5, 5.41) is 6.38. The Bertz CT molecular complexity index is 144. The van der Waals surface area contributed by atoms with E-state index in [4.69, 9.17) is 5.41 Å². The van der Waals surface area contributed by atoms with Crippen LogP contribution in [-0.2, 0) is 9.53 Å². The molecule has 0 aromatic rings. The first kappa shape index (κ1) is 7.81. The molecule has 0 aromatic carbocycles. The van der Waals surface area contributed by atoms with E-state index in [2.05, 4.69) is 11.3 Å². The van der Waals surface area contributed by atoms with Crippen LogP contribution in [0.4, 0.5) is 4.39 Å². The Morgan fingerprint density at radius 2 is 2.44 bits per heavy atom. The van der Waals surface area contributed by atoms with Crippen LogP contribution in [0.25, 0.3) is 0 Å². The van der Waals surface area contributed by atoms with Gasteiger partial charge in [0, 0.05) is 6.21 Å². The number of ether oxygens (including phenoxy) is 1. The molecule has 4 heteroatoms. The average Bonchev–Trinajstić information content (AvgIpc) is 1.82. The van der Waals surface area contributed by atoms with E-state index in [0.29, 0.717) is 0 Å². The molecular weight excluding hydrogens is 125 g/mol. The molecule has 0 unspecified atom stereocenters. The molecule has 0 rings (SSSR count). The lowest BCUT2D eigenvalue weighted by Gasteiger charge is -1.94. The highest BCUT2D eigenvalue weighted by atomic mass is 19.1. The van der Waals surface area contributed by atoms with Crippen LogP contribution in [0.15, 0.2) is 12.4 Å². The smallest absolute Gasteiger partial charge is 0.366 e. The topological polar surface area (TPSA) is 50.2 Å². The quantitative estimate of drug-likeness (QED) is 0.347. The van der Waals surface area contributed by atoms with Gasteiger partial charge in [0.15, 0.2) is 0 Å². The lowest BCUT2D eigenvalue weighted by Crippen LogP contribution is -2.05. The van der Waals surface area contributed by atoms with E-state index in [1.165, 1.54) is 0 Å². The van der Waals surface area contributed by atoms with E-state index in [1.54, 1.807) is 0 Å². The molecule has 0 saturated heterocycles. The van der Waals surface area contributed by atoms with Gasteiger partial charge >= 0.3 is 5.97 Å². The highest BCUT2D eigenvalue weighted by Crippen LogP contribution is 1.92. The Hall–Kier alpha value is -1.19. The maximum Gasteiger partial charge on any atom is 0.366 e. The zero-order valence-corrected chi connectivity index (χ0v) is 4.69. The van der Waals surface area contributed by atoms with Crippen molar-refractivity contribution < 1.29 is 13.9 Å². The molecule has 0 spiro atoms. The van der Waals surface area contributed by atoms with Crippen molar-refractivity contribution in [1.82, 2.24) is 0 Å². The third kappa shape index (κ3) is 3.40. The third-order valence-electron chi connectivity index (χ3n) is 0.519. The number of hydrogen-bond donors (Lipinski definition) is 1. The monoisotopic (exact) mass is 131 g/mol. The molecule has 0 heterocycles. The minimum absolute atomic E-state index is 0.207. The fourth-order valence-electron chi connectivity index (χ4n) is 0.196. The Morgan fingerprint density at radius 1 is 1.89 bits per heavy atom. The normalized spacial score (nSPS) is 8.11. The molecular formula is C5H6FNO2. The summed E-state index contributed by atoms with van der Waals surface area (Å²) < 4.78 is 15.8. The van der Waals surface area contributed by atoms with Crippen molar-refractivity contribution in [3.63, 3.8) is 0 Å². The number of rotatable bonds is 3. The van der Waals surface area contributed by atoms with Crippen molar-refractivity contribution >= 4 is 12.2 Å². The molecule has 50 valence electrons. The van der Waals surface area contributed by atoms with E-state index in [1.807, 2.05) is 0 Å². The maximum atomic E-state index is 11.7. The maximum absolute atomic E-state index is 11.7. The van der Waals surface area contributed by atoms with Crippen LogP contribution in [-0.4, -0.2) is 18.8 Å². The highest BCUT2D eigenvalue weighted by molar-refractivity contribution is 5.86. The number of carbonyl (C=O) groups is 1. The van der Waals surface area contributed by atoms with E-state index in [9.17, 15) is 9.18 Å². The molecule has 0 amide bonds. The summed E-state index contributed by atoms with van der Waals surface area (Å²) in [7, 11) is 0. The molecule has 1 N–H and O–H groups in total. The van der Waals surface area contributed by atoms with E-state index < -0.39 is 11.8 Å². The van der Waals surface area contributed by atoms with Crippen molar-refractivity contribution in [2.45, 2.75) is 0 Å². The van der Waals surface area contributed by atoms with Crippen LogP contribution in [0.3, 0.4) is 0 Å². The van der Waals surface area contributed by atoms with Gasteiger partial charge in [0.05, 0.1) is 0 Å². The van der Waals surface area contributed by atoms with Crippen LogP contribution in [0.1, 0.15) is 0 Å². The second-order valence-electron chi connectivity index (χ2n) is 1.21. The lowest BCUT2D eigenvalue weighted by molar-refractivity contribution is -0.138. The fraction of sp³-hybridized carbons (Fsp3) is 0.200. The van der Waals surface area contributed by atoms with Gasteiger partial charge in [-0.05, 0) is 0 Å². The van der Waals surface area contributed by atoms with Gasteiger partial charge in [0.25, 0.3) is 0 Å². The van der Waals surface area contributed by atoms with Crippen molar-refractivity contribution in [3.8, 4) is 0 Å². The van der Waals surface area contributed by atoms with E-state index >= 15 is 0 Å². The molecule has 0 bridgehead atoms. The molecule has 0 aliphatic heterocycles. The third-order valence-corrected chi connectivity index (χ3v) is 0.519. The molecule has 0 aliphatic rings. The SMILES string of the molecule is C=C(F)C(=O)OCC=N. The summed E-state index contributed by atoms with van der Waals surface area (Å²) in [6, 6.07) is 0. The summed E-state index contributed by atoms with van der Waals surface area (Å²) >= 11 is 0. The summed E-state index contributed by atoms with van der Waals surface area (Å²) in [5.74, 6) is -2.25. The number of hydrogen-bond acceptors (Lipinski definition) is 3. The van der Waals surface area contributed by atoms with Gasteiger partial charge in [-0.3, -0.25) is 0 Å². The van der Waals surface area contributed by atoms with Gasteiger partial charge in [0.2, 0.25) is 5.83 Å². The Kier molecular flexibility index (Phi) is 3.27. The summed E-state index contributed by atoms with van der Waals surface area (Å²) in [6.07, 6.45) is 0.848. The molecule has 0 atom stereocenters. The van der Waals surface area contributed by atoms with Crippen molar-refractivity contribution in [1.29, 1.82) is 5.41 Å². The predicted molar refractivity (Wildman–Crippen MR) is 30.0 cm³/mol. The molecule has 0 aromatic heterocycles. The second-order valence-corrected chi connectivity index (χ2v) is 1.21. The molecule has 0 aliphatic carbocycles. The number of esters is 1. The first-order valence-electron chi connectivity index (χ1n) is 2.19. The largest absolute Gasteiger partial charge is 0.455 e. The lowest BCUT2D eigenvalue weighted by atomic mass is 10.6. The standard InChI is InChI=1S/C5H6FNO2/c1-4(6)5(8)9-3-2-7/h2,7H,1,3H2. The van der Waals surface area contributed by atoms with Crippen LogP contribution >= 0.6 is 0 Å². The zero-order valence-electron chi connectivity index (χ0n) is 4.69. The molecule has 3 nitrogen and oxygen atoms in total. The number of halogens is 1. The van der Waals surface area contributed by atoms with Crippen LogP contribution in [0.5, 0.6) is 0 Å². The fourth-order valence-corrected chi connectivity index (χ4v) is 0.196. The minimum Gasteiger partial charge on any atom is -0.455 e. The number of nitrogens with one attached hydrogen (secondary N) is 1. The first-order valence-corrected chi connectivity index (χ1v) is 2.19. The Balaban J connectivity index is 3.51. The Labute approximate surface area is 51.6 Å². The Morgan fingerprint density at radius 3 is 2.78 bits per heavy atom. The summed E-state index contributed by atoms with van der Waals surface area (Å²) in [4.78, 5) is 10.1. The minimum atomic E-state index is -1.14. The molecule has 0 radical (unpaired) electrons. The summed E-state index contributed by atoms with van der Waals surface area (Å²) in [6.45, 7) is 2.49. The van der Waals surface area contributed by atoms with E-state index in [0.717, 1.165) is 6.21 Å². The van der Waals surface area contributed by atoms with Gasteiger partial charge in [-0.1, -0.05) is 6.58 Å². The van der Waals surface area contributed by atoms with Gasteiger partial charge in [-0.15, -0.1) is 0 Å². The van der Waals surface area contributed by atoms with Crippen molar-refractivity contribution in [3.05, 3.63) is 12.4 Å². The van der Waals surface area contributed by atoms with Crippen molar-refractivity contribution in [2.24, 2.45) is 0 Å². The highest BCUT2D eigenvalue weighted by Gasteiger charge is 2.04. The van der Waals surface area contributed by atoms with E-state index in [-0.39, 0.29) is 6.61 Å². The van der Waals surface area contributed by atoms with Crippen LogP contribution in [0, 0.1) is 5.41 Å². The van der Waals surface area contributed by atoms with Crippen LogP contribution < -0.4 is 0 Å². The van der Waals surface area contributed by atoms with Crippen LogP contribution in [0.2, 0.25) is 0 Å². The second kappa shape index (κ2) is 3.77. The molecule has 0 fully saturated rings. The van der Waals surface area contributed by atoms with Crippen molar-refractivity contribution in [2.75, 3.05) is 6.61 Å². The average molecular weight is 131 g/mol. The first-order chi connectivity index (χ1) is 4.18. The van der Waals surface area contributed by atoms with Gasteiger partial charge in [-0.2, -0.15) is 4.39 Å². The summed E-state index contributed by atoms with van der Waals surface area (Å²) in [5.41, 5.74) is 0. The number of carbonyl (C=O) groups excluding carboxylic acids is 1. The van der Waals surface area contributed by atoms with Gasteiger partial charge in [0.1, 0.15) is 6.61 Å². The molecule has 9 heavy (non-hydrogen) atoms. The zero-order chi connectivity index (χ0) is 7.28. The van der Waals surface area contributed by atoms with Gasteiger partial charge < -0.3 is 10.1 Å². The predicted octanol–water partition coefficient (Wildman–Crippen LogP) is 0.662. The van der Waals surface area contributed by atoms with Gasteiger partial charge in [-0.25, -0.2) is 4.79 Å². The molecule has 0 saturated carbocycles.